The van der Waals surface area contributed by atoms with E-state index in [0.717, 1.165) is 44.7 Å². The van der Waals surface area contributed by atoms with Crippen molar-refractivity contribution in [3.63, 3.8) is 0 Å². The topological polar surface area (TPSA) is 50.2 Å². The highest BCUT2D eigenvalue weighted by atomic mass is 35.5. The van der Waals surface area contributed by atoms with Crippen LogP contribution < -0.4 is 5.32 Å². The zero-order valence-electron chi connectivity index (χ0n) is 15.6. The van der Waals surface area contributed by atoms with E-state index in [1.54, 1.807) is 6.20 Å². The summed E-state index contributed by atoms with van der Waals surface area (Å²) < 4.78 is 2.13. The maximum Gasteiger partial charge on any atom is 0.220 e. The second kappa shape index (κ2) is 8.44. The first-order valence-corrected chi connectivity index (χ1v) is 10.3. The van der Waals surface area contributed by atoms with Gasteiger partial charge in [-0.25, -0.2) is 4.98 Å². The third-order valence-electron chi connectivity index (χ3n) is 5.50. The summed E-state index contributed by atoms with van der Waals surface area (Å²) in [7, 11) is 0. The van der Waals surface area contributed by atoms with Crippen molar-refractivity contribution in [1.82, 2.24) is 19.8 Å². The molecule has 1 saturated heterocycles. The lowest BCUT2D eigenvalue weighted by molar-refractivity contribution is -0.121. The van der Waals surface area contributed by atoms with Gasteiger partial charge in [-0.2, -0.15) is 0 Å². The van der Waals surface area contributed by atoms with Crippen LogP contribution in [0.4, 0.5) is 0 Å². The van der Waals surface area contributed by atoms with Crippen LogP contribution in [0.25, 0.3) is 5.82 Å². The van der Waals surface area contributed by atoms with Crippen molar-refractivity contribution in [1.29, 1.82) is 0 Å². The summed E-state index contributed by atoms with van der Waals surface area (Å²) in [5, 5.41) is 3.75. The molecule has 1 atom stereocenters. The van der Waals surface area contributed by atoms with Crippen LogP contribution in [0.5, 0.6) is 0 Å². The van der Waals surface area contributed by atoms with Crippen LogP contribution in [-0.4, -0.2) is 39.5 Å². The number of carbonyl (C=O) groups excluding carboxylic acids is 1. The van der Waals surface area contributed by atoms with Crippen molar-refractivity contribution >= 4 is 17.5 Å². The molecule has 1 amide bonds. The molecule has 1 aliphatic carbocycles. The van der Waals surface area contributed by atoms with E-state index >= 15 is 0 Å². The molecule has 0 aromatic carbocycles. The van der Waals surface area contributed by atoms with Crippen molar-refractivity contribution in [3.05, 3.63) is 47.4 Å². The molecule has 5 nitrogen and oxygen atoms in total. The summed E-state index contributed by atoms with van der Waals surface area (Å²) in [5.74, 6) is 1.74. The number of carbonyl (C=O) groups is 1. The van der Waals surface area contributed by atoms with Crippen molar-refractivity contribution < 1.29 is 4.79 Å². The van der Waals surface area contributed by atoms with Gasteiger partial charge in [-0.15, -0.1) is 0 Å². The number of likely N-dealkylation sites (tertiary alicyclic amines) is 1. The van der Waals surface area contributed by atoms with Gasteiger partial charge in [0.25, 0.3) is 0 Å². The van der Waals surface area contributed by atoms with Gasteiger partial charge >= 0.3 is 0 Å². The molecule has 2 fully saturated rings. The first kappa shape index (κ1) is 18.5. The molecule has 1 aliphatic heterocycles. The van der Waals surface area contributed by atoms with E-state index in [9.17, 15) is 4.79 Å². The van der Waals surface area contributed by atoms with Gasteiger partial charge in [0.15, 0.2) is 0 Å². The van der Waals surface area contributed by atoms with Crippen molar-refractivity contribution in [2.45, 2.75) is 51.1 Å². The van der Waals surface area contributed by atoms with Gasteiger partial charge in [0.05, 0.1) is 5.02 Å². The SMILES string of the molecule is O=C(CC[C@H]1CCCN(Cc2cccn2-c2ccc(Cl)cn2)C1)NC1CC1. The maximum atomic E-state index is 12.0. The quantitative estimate of drug-likeness (QED) is 0.787. The van der Waals surface area contributed by atoms with Gasteiger partial charge in [-0.1, -0.05) is 11.6 Å². The monoisotopic (exact) mass is 386 g/mol. The Balaban J connectivity index is 1.32. The summed E-state index contributed by atoms with van der Waals surface area (Å²) in [4.78, 5) is 18.9. The second-order valence-electron chi connectivity index (χ2n) is 7.83. The number of rotatable bonds is 7. The Bertz CT molecular complexity index is 769. The van der Waals surface area contributed by atoms with Crippen molar-refractivity contribution in [2.75, 3.05) is 13.1 Å². The molecule has 0 unspecified atom stereocenters. The number of amides is 1. The smallest absolute Gasteiger partial charge is 0.220 e. The van der Waals surface area contributed by atoms with Crippen molar-refractivity contribution in [3.8, 4) is 5.82 Å². The third kappa shape index (κ3) is 5.11. The maximum absolute atomic E-state index is 12.0. The average molecular weight is 387 g/mol. The number of halogens is 1. The number of nitrogens with zero attached hydrogens (tertiary/aromatic N) is 3. The number of nitrogens with one attached hydrogen (secondary N) is 1. The Morgan fingerprint density at radius 2 is 2.15 bits per heavy atom. The van der Waals surface area contributed by atoms with E-state index in [2.05, 4.69) is 38.1 Å². The van der Waals surface area contributed by atoms with Crippen LogP contribution in [0, 0.1) is 5.92 Å². The molecule has 2 aliphatic rings. The van der Waals surface area contributed by atoms with Gasteiger partial charge in [0.2, 0.25) is 5.91 Å². The number of aromatic nitrogens is 2. The summed E-state index contributed by atoms with van der Waals surface area (Å²) in [5.41, 5.74) is 1.23. The molecule has 2 aromatic rings. The molecule has 27 heavy (non-hydrogen) atoms. The lowest BCUT2D eigenvalue weighted by Gasteiger charge is -2.32. The average Bonchev–Trinajstić information content (AvgIpc) is 3.37. The standard InChI is InChI=1S/C21H27ClN4O/c22-17-6-9-20(23-13-17)26-12-2-4-19(26)15-25-11-1-3-16(14-25)5-10-21(27)24-18-7-8-18/h2,4,6,9,12-13,16,18H,1,3,5,7-8,10-11,14-15H2,(H,24,27)/t16-/m1/s1. The first-order valence-electron chi connectivity index (χ1n) is 9.97. The molecule has 3 heterocycles. The van der Waals surface area contributed by atoms with Crippen LogP contribution >= 0.6 is 11.6 Å². The zero-order chi connectivity index (χ0) is 18.6. The van der Waals surface area contributed by atoms with Crippen LogP contribution in [0.2, 0.25) is 5.02 Å². The lowest BCUT2D eigenvalue weighted by Crippen LogP contribution is -2.36. The molecule has 1 saturated carbocycles. The zero-order valence-corrected chi connectivity index (χ0v) is 16.4. The molecule has 4 rings (SSSR count). The van der Waals surface area contributed by atoms with E-state index in [1.165, 1.54) is 18.5 Å². The fourth-order valence-electron chi connectivity index (χ4n) is 3.90. The summed E-state index contributed by atoms with van der Waals surface area (Å²) in [6.07, 6.45) is 10.1. The summed E-state index contributed by atoms with van der Waals surface area (Å²) in [6, 6.07) is 8.51. The normalized spacial score (nSPS) is 20.6. The Morgan fingerprint density at radius 1 is 1.26 bits per heavy atom. The minimum Gasteiger partial charge on any atom is -0.353 e. The highest BCUT2D eigenvalue weighted by Gasteiger charge is 2.25. The largest absolute Gasteiger partial charge is 0.353 e. The highest BCUT2D eigenvalue weighted by Crippen LogP contribution is 2.24. The number of piperidine rings is 1. The number of hydrogen-bond donors (Lipinski definition) is 1. The van der Waals surface area contributed by atoms with Crippen LogP contribution in [-0.2, 0) is 11.3 Å². The van der Waals surface area contributed by atoms with Crippen LogP contribution in [0.3, 0.4) is 0 Å². The number of hydrogen-bond acceptors (Lipinski definition) is 3. The first-order chi connectivity index (χ1) is 13.2. The Hall–Kier alpha value is -1.85. The fourth-order valence-corrected chi connectivity index (χ4v) is 4.01. The predicted octanol–water partition coefficient (Wildman–Crippen LogP) is 3.80. The van der Waals surface area contributed by atoms with Gasteiger partial charge in [-0.3, -0.25) is 9.69 Å². The Morgan fingerprint density at radius 3 is 2.93 bits per heavy atom. The van der Waals surface area contributed by atoms with E-state index in [1.807, 2.05) is 12.1 Å². The molecule has 6 heteroatoms. The molecular weight excluding hydrogens is 360 g/mol. The summed E-state index contributed by atoms with van der Waals surface area (Å²) >= 11 is 5.96. The predicted molar refractivity (Wildman–Crippen MR) is 107 cm³/mol. The molecular formula is C21H27ClN4O. The lowest BCUT2D eigenvalue weighted by atomic mass is 9.93. The van der Waals surface area contributed by atoms with E-state index in [-0.39, 0.29) is 5.91 Å². The second-order valence-corrected chi connectivity index (χ2v) is 8.26. The fraction of sp³-hybridized carbons (Fsp3) is 0.524. The molecule has 0 spiro atoms. The van der Waals surface area contributed by atoms with E-state index < -0.39 is 0 Å². The van der Waals surface area contributed by atoms with Crippen LogP contribution in [0.15, 0.2) is 36.7 Å². The number of pyridine rings is 1. The minimum atomic E-state index is 0.234. The van der Waals surface area contributed by atoms with Gasteiger partial charge < -0.3 is 9.88 Å². The van der Waals surface area contributed by atoms with Gasteiger partial charge in [-0.05, 0) is 68.8 Å². The Labute approximate surface area is 165 Å². The van der Waals surface area contributed by atoms with Gasteiger partial charge in [0.1, 0.15) is 5.82 Å². The molecule has 0 radical (unpaired) electrons. The minimum absolute atomic E-state index is 0.234. The van der Waals surface area contributed by atoms with Crippen molar-refractivity contribution in [2.24, 2.45) is 5.92 Å². The molecule has 144 valence electrons. The molecule has 1 N–H and O–H groups in total. The molecule has 0 bridgehead atoms. The van der Waals surface area contributed by atoms with Gasteiger partial charge in [0, 0.05) is 43.6 Å². The van der Waals surface area contributed by atoms with Crippen LogP contribution in [0.1, 0.15) is 44.2 Å². The third-order valence-corrected chi connectivity index (χ3v) is 5.73. The Kier molecular flexibility index (Phi) is 5.79. The highest BCUT2D eigenvalue weighted by molar-refractivity contribution is 6.30. The molecule has 2 aromatic heterocycles. The van der Waals surface area contributed by atoms with E-state index in [4.69, 9.17) is 11.6 Å². The summed E-state index contributed by atoms with van der Waals surface area (Å²) in [6.45, 7) is 3.09. The van der Waals surface area contributed by atoms with E-state index in [0.29, 0.717) is 23.4 Å².